The molecule has 1 N–H and O–H groups in total. The fraction of sp³-hybridized carbons (Fsp3) is 0.214. The Balaban J connectivity index is 1.75. The van der Waals surface area contributed by atoms with Crippen LogP contribution < -0.4 is 5.32 Å². The maximum Gasteiger partial charge on any atom is 0.338 e. The number of carbonyl (C=O) groups is 1. The molecule has 0 amide bonds. The minimum atomic E-state index is -0.313. The normalized spacial score (nSPS) is 10.8. The lowest BCUT2D eigenvalue weighted by Gasteiger charge is -2.04. The van der Waals surface area contributed by atoms with E-state index in [0.29, 0.717) is 12.2 Å². The van der Waals surface area contributed by atoms with Gasteiger partial charge in [0.25, 0.3) is 0 Å². The summed E-state index contributed by atoms with van der Waals surface area (Å²) in [6.45, 7) is 4.09. The lowest BCUT2D eigenvalue weighted by Crippen LogP contribution is -2.04. The van der Waals surface area contributed by atoms with Gasteiger partial charge in [0.1, 0.15) is 0 Å². The first-order valence-corrected chi connectivity index (χ1v) is 7.31. The van der Waals surface area contributed by atoms with Crippen LogP contribution in [0.4, 0.5) is 10.8 Å². The van der Waals surface area contributed by atoms with Crippen molar-refractivity contribution in [2.45, 2.75) is 13.8 Å². The summed E-state index contributed by atoms with van der Waals surface area (Å²) in [6.07, 6.45) is 0. The van der Waals surface area contributed by atoms with E-state index < -0.39 is 0 Å². The molecule has 6 nitrogen and oxygen atoms in total. The summed E-state index contributed by atoms with van der Waals surface area (Å²) >= 11 is 1.42. The number of benzene rings is 1. The molecule has 1 aromatic carbocycles. The van der Waals surface area contributed by atoms with Gasteiger partial charge in [0.05, 0.1) is 17.9 Å². The van der Waals surface area contributed by atoms with Crippen molar-refractivity contribution in [3.05, 3.63) is 41.6 Å². The van der Waals surface area contributed by atoms with Crippen molar-refractivity contribution in [2.24, 2.45) is 0 Å². The van der Waals surface area contributed by atoms with Gasteiger partial charge in [-0.1, -0.05) is 0 Å². The predicted molar refractivity (Wildman–Crippen MR) is 81.3 cm³/mol. The van der Waals surface area contributed by atoms with Crippen molar-refractivity contribution < 1.29 is 9.53 Å². The molecule has 2 aromatic heterocycles. The number of hydrogen-bond donors (Lipinski definition) is 1. The number of rotatable bonds is 4. The smallest absolute Gasteiger partial charge is 0.338 e. The van der Waals surface area contributed by atoms with Gasteiger partial charge in [-0.25, -0.2) is 4.79 Å². The number of hydrogen-bond acceptors (Lipinski definition) is 6. The second-order valence-corrected chi connectivity index (χ2v) is 5.36. The Morgan fingerprint density at radius 3 is 2.81 bits per heavy atom. The van der Waals surface area contributed by atoms with Gasteiger partial charge in [-0.05, 0) is 38.1 Å². The van der Waals surface area contributed by atoms with Crippen LogP contribution in [0.15, 0.2) is 30.3 Å². The summed E-state index contributed by atoms with van der Waals surface area (Å²) in [5.74, 6) is -0.313. The fourth-order valence-electron chi connectivity index (χ4n) is 1.89. The molecular formula is C14H14N4O2S. The third kappa shape index (κ3) is 2.87. The van der Waals surface area contributed by atoms with Crippen LogP contribution in [0.25, 0.3) is 5.65 Å². The van der Waals surface area contributed by atoms with Crippen molar-refractivity contribution in [3.8, 4) is 0 Å². The molecule has 0 unspecified atom stereocenters. The second-order valence-electron chi connectivity index (χ2n) is 4.45. The number of fused-ring (bicyclic) bond motifs is 1. The number of aryl methyl sites for hydroxylation is 1. The largest absolute Gasteiger partial charge is 0.462 e. The summed E-state index contributed by atoms with van der Waals surface area (Å²) in [6, 6.07) is 9.02. The molecule has 0 bridgehead atoms. The average Bonchev–Trinajstić information content (AvgIpc) is 2.96. The highest BCUT2D eigenvalue weighted by Gasteiger charge is 2.08. The lowest BCUT2D eigenvalue weighted by atomic mass is 10.2. The molecule has 108 valence electrons. The molecular weight excluding hydrogens is 288 g/mol. The van der Waals surface area contributed by atoms with Crippen LogP contribution in [-0.4, -0.2) is 26.6 Å². The quantitative estimate of drug-likeness (QED) is 0.750. The molecule has 2 heterocycles. The third-order valence-corrected chi connectivity index (χ3v) is 3.63. The Kier molecular flexibility index (Phi) is 3.57. The van der Waals surface area contributed by atoms with Gasteiger partial charge in [0, 0.05) is 23.3 Å². The van der Waals surface area contributed by atoms with E-state index in [0.717, 1.165) is 22.2 Å². The van der Waals surface area contributed by atoms with Gasteiger partial charge >= 0.3 is 5.97 Å². The zero-order valence-corrected chi connectivity index (χ0v) is 12.5. The number of nitrogens with zero attached hydrogens (tertiary/aromatic N) is 3. The highest BCUT2D eigenvalue weighted by Crippen LogP contribution is 2.22. The first-order valence-electron chi connectivity index (χ1n) is 6.53. The molecule has 0 radical (unpaired) electrons. The van der Waals surface area contributed by atoms with Crippen molar-refractivity contribution in [1.29, 1.82) is 0 Å². The number of aromatic nitrogens is 3. The Morgan fingerprint density at radius 1 is 1.38 bits per heavy atom. The number of nitrogens with one attached hydrogen (secondary N) is 1. The summed E-state index contributed by atoms with van der Waals surface area (Å²) in [4.78, 5) is 16.0. The zero-order valence-electron chi connectivity index (χ0n) is 11.7. The molecule has 0 atom stereocenters. The maximum absolute atomic E-state index is 11.6. The third-order valence-electron chi connectivity index (χ3n) is 2.82. The molecule has 0 spiro atoms. The SMILES string of the molecule is CCOC(=O)c1ccc(Nc2nc3cc(C)nn3s2)cc1. The molecule has 0 aliphatic heterocycles. The molecule has 0 saturated carbocycles. The van der Waals surface area contributed by atoms with Crippen LogP contribution in [0.1, 0.15) is 23.0 Å². The number of ether oxygens (including phenoxy) is 1. The fourth-order valence-corrected chi connectivity index (χ4v) is 2.71. The minimum Gasteiger partial charge on any atom is -0.462 e. The molecule has 0 saturated heterocycles. The molecule has 3 rings (SSSR count). The Bertz CT molecular complexity index is 744. The van der Waals surface area contributed by atoms with Crippen LogP contribution in [-0.2, 0) is 4.74 Å². The first-order chi connectivity index (χ1) is 10.2. The number of anilines is 2. The summed E-state index contributed by atoms with van der Waals surface area (Å²) in [5, 5.41) is 8.25. The number of esters is 1. The highest BCUT2D eigenvalue weighted by molar-refractivity contribution is 7.10. The van der Waals surface area contributed by atoms with Crippen LogP contribution in [0.2, 0.25) is 0 Å². The monoisotopic (exact) mass is 302 g/mol. The maximum atomic E-state index is 11.6. The zero-order chi connectivity index (χ0) is 14.8. The second kappa shape index (κ2) is 5.53. The van der Waals surface area contributed by atoms with Crippen LogP contribution in [0.3, 0.4) is 0 Å². The van der Waals surface area contributed by atoms with Gasteiger partial charge < -0.3 is 10.1 Å². The van der Waals surface area contributed by atoms with E-state index in [4.69, 9.17) is 4.74 Å². The van der Waals surface area contributed by atoms with E-state index >= 15 is 0 Å². The molecule has 0 aliphatic carbocycles. The summed E-state index contributed by atoms with van der Waals surface area (Å²) in [7, 11) is 0. The average molecular weight is 302 g/mol. The Morgan fingerprint density at radius 2 is 2.14 bits per heavy atom. The van der Waals surface area contributed by atoms with Crippen molar-refractivity contribution >= 4 is 34.0 Å². The molecule has 3 aromatic rings. The minimum absolute atomic E-state index is 0.313. The topological polar surface area (TPSA) is 68.5 Å². The molecule has 0 aliphatic rings. The first kappa shape index (κ1) is 13.6. The molecule has 0 fully saturated rings. The summed E-state index contributed by atoms with van der Waals surface area (Å²) in [5.41, 5.74) is 3.16. The molecule has 21 heavy (non-hydrogen) atoms. The van der Waals surface area contributed by atoms with Crippen LogP contribution in [0, 0.1) is 6.92 Å². The van der Waals surface area contributed by atoms with Crippen LogP contribution >= 0.6 is 11.5 Å². The standard InChI is InChI=1S/C14H14N4O2S/c1-3-20-13(19)10-4-6-11(7-5-10)15-14-16-12-8-9(2)17-18(12)21-14/h4-8H,3H2,1-2H3,(H,15,16). The van der Waals surface area contributed by atoms with Crippen LogP contribution in [0.5, 0.6) is 0 Å². The van der Waals surface area contributed by atoms with Gasteiger partial charge in [-0.3, -0.25) is 0 Å². The predicted octanol–water partition coefficient (Wildman–Crippen LogP) is 3.02. The van der Waals surface area contributed by atoms with E-state index in [1.54, 1.807) is 23.0 Å². The lowest BCUT2D eigenvalue weighted by molar-refractivity contribution is 0.0526. The van der Waals surface area contributed by atoms with E-state index in [1.807, 2.05) is 25.1 Å². The Labute approximate surface area is 125 Å². The van der Waals surface area contributed by atoms with Crippen molar-refractivity contribution in [2.75, 3.05) is 11.9 Å². The number of carbonyl (C=O) groups excluding carboxylic acids is 1. The summed E-state index contributed by atoms with van der Waals surface area (Å²) < 4.78 is 6.71. The molecule has 7 heteroatoms. The van der Waals surface area contributed by atoms with E-state index in [2.05, 4.69) is 15.4 Å². The van der Waals surface area contributed by atoms with Gasteiger partial charge in [0.2, 0.25) is 5.13 Å². The van der Waals surface area contributed by atoms with E-state index in [9.17, 15) is 4.79 Å². The van der Waals surface area contributed by atoms with Gasteiger partial charge in [0.15, 0.2) is 5.65 Å². The van der Waals surface area contributed by atoms with Crippen molar-refractivity contribution in [3.63, 3.8) is 0 Å². The van der Waals surface area contributed by atoms with E-state index in [1.165, 1.54) is 11.5 Å². The Hall–Kier alpha value is -2.41. The van der Waals surface area contributed by atoms with Gasteiger partial charge in [-0.15, -0.1) is 0 Å². The van der Waals surface area contributed by atoms with Gasteiger partial charge in [-0.2, -0.15) is 14.0 Å². The van der Waals surface area contributed by atoms with Crippen molar-refractivity contribution in [1.82, 2.24) is 14.0 Å². The highest BCUT2D eigenvalue weighted by atomic mass is 32.1. The van der Waals surface area contributed by atoms with E-state index in [-0.39, 0.29) is 5.97 Å².